The average Bonchev–Trinajstić information content (AvgIpc) is 2.43. The molecule has 120 valence electrons. The number of anilines is 1. The number of aromatic nitrogens is 1. The summed E-state index contributed by atoms with van der Waals surface area (Å²) in [4.78, 5) is 3.92. The van der Waals surface area contributed by atoms with Gasteiger partial charge in [-0.3, -0.25) is 4.98 Å². The maximum Gasteiger partial charge on any atom is 0.330 e. The predicted molar refractivity (Wildman–Crippen MR) is 71.5 cm³/mol. The summed E-state index contributed by atoms with van der Waals surface area (Å²) in [7, 11) is 0. The fourth-order valence-corrected chi connectivity index (χ4v) is 1.66. The molecule has 3 N–H and O–H groups in total. The molecule has 0 aromatic carbocycles. The Morgan fingerprint density at radius 1 is 1.43 bits per heavy atom. The molecule has 0 saturated heterocycles. The van der Waals surface area contributed by atoms with E-state index in [0.29, 0.717) is 17.8 Å². The van der Waals surface area contributed by atoms with E-state index in [9.17, 15) is 17.6 Å². The molecule has 4 nitrogen and oxygen atoms in total. The lowest BCUT2D eigenvalue weighted by atomic mass is 10.1. The SMILES string of the molecule is CCCNC(COCC(F)(F)C(F)F)c1cnccc1N. The zero-order valence-corrected chi connectivity index (χ0v) is 11.7. The first kappa shape index (κ1) is 17.6. The molecule has 1 unspecified atom stereocenters. The lowest BCUT2D eigenvalue weighted by Crippen LogP contribution is -2.35. The fourth-order valence-electron chi connectivity index (χ4n) is 1.66. The molecule has 0 fully saturated rings. The number of hydrogen-bond donors (Lipinski definition) is 2. The van der Waals surface area contributed by atoms with Crippen molar-refractivity contribution >= 4 is 5.69 Å². The second kappa shape index (κ2) is 8.14. The van der Waals surface area contributed by atoms with Crippen molar-refractivity contribution in [1.29, 1.82) is 0 Å². The normalized spacial score (nSPS) is 13.6. The van der Waals surface area contributed by atoms with Gasteiger partial charge in [0.1, 0.15) is 6.61 Å². The van der Waals surface area contributed by atoms with Gasteiger partial charge in [0.25, 0.3) is 0 Å². The summed E-state index contributed by atoms with van der Waals surface area (Å²) in [6.45, 7) is 1.00. The largest absolute Gasteiger partial charge is 0.398 e. The van der Waals surface area contributed by atoms with Crippen molar-refractivity contribution in [2.45, 2.75) is 31.7 Å². The standard InChI is InChI=1S/C13H19F4N3O/c1-2-4-20-11(9-6-19-5-3-10(9)18)7-21-8-13(16,17)12(14)15/h3,5-6,11-12,20H,2,4,7-8H2,1H3,(H2,18,19). The van der Waals surface area contributed by atoms with Gasteiger partial charge in [0.15, 0.2) is 0 Å². The van der Waals surface area contributed by atoms with E-state index in [4.69, 9.17) is 10.5 Å². The second-order valence-corrected chi connectivity index (χ2v) is 4.59. The average molecular weight is 309 g/mol. The number of nitrogen functional groups attached to an aromatic ring is 1. The number of nitrogens with zero attached hydrogens (tertiary/aromatic N) is 1. The molecule has 21 heavy (non-hydrogen) atoms. The number of halogens is 4. The summed E-state index contributed by atoms with van der Waals surface area (Å²) >= 11 is 0. The molecule has 0 aliphatic heterocycles. The van der Waals surface area contributed by atoms with Gasteiger partial charge in [-0.05, 0) is 19.0 Å². The molecule has 1 atom stereocenters. The molecule has 0 aliphatic rings. The van der Waals surface area contributed by atoms with Crippen molar-refractivity contribution in [2.75, 3.05) is 25.5 Å². The Morgan fingerprint density at radius 3 is 2.71 bits per heavy atom. The molecular formula is C13H19F4N3O. The number of nitrogens with one attached hydrogen (secondary N) is 1. The molecule has 0 amide bonds. The molecule has 0 bridgehead atoms. The Hall–Kier alpha value is -1.41. The lowest BCUT2D eigenvalue weighted by molar-refractivity contribution is -0.167. The van der Waals surface area contributed by atoms with Gasteiger partial charge in [-0.25, -0.2) is 8.78 Å². The molecule has 0 saturated carbocycles. The molecule has 0 aliphatic carbocycles. The minimum absolute atomic E-state index is 0.196. The van der Waals surface area contributed by atoms with E-state index in [2.05, 4.69) is 10.3 Å². The third kappa shape index (κ3) is 5.47. The van der Waals surface area contributed by atoms with Crippen molar-refractivity contribution in [1.82, 2.24) is 10.3 Å². The van der Waals surface area contributed by atoms with Gasteiger partial charge in [0.2, 0.25) is 0 Å². The first-order valence-corrected chi connectivity index (χ1v) is 6.55. The molecule has 1 aromatic rings. The molecule has 0 spiro atoms. The van der Waals surface area contributed by atoms with E-state index in [-0.39, 0.29) is 6.61 Å². The van der Waals surface area contributed by atoms with Gasteiger partial charge in [-0.1, -0.05) is 6.92 Å². The van der Waals surface area contributed by atoms with Crippen molar-refractivity contribution in [3.63, 3.8) is 0 Å². The number of nitrogens with two attached hydrogens (primary N) is 1. The van der Waals surface area contributed by atoms with Crippen LogP contribution in [0.5, 0.6) is 0 Å². The van der Waals surface area contributed by atoms with Crippen LogP contribution in [0.3, 0.4) is 0 Å². The quantitative estimate of drug-likeness (QED) is 0.688. The Kier molecular flexibility index (Phi) is 6.83. The molecule has 0 radical (unpaired) electrons. The highest BCUT2D eigenvalue weighted by Gasteiger charge is 2.41. The third-order valence-corrected chi connectivity index (χ3v) is 2.80. The fraction of sp³-hybridized carbons (Fsp3) is 0.615. The van der Waals surface area contributed by atoms with Crippen LogP contribution in [0.2, 0.25) is 0 Å². The summed E-state index contributed by atoms with van der Waals surface area (Å²) < 4.78 is 54.5. The van der Waals surface area contributed by atoms with E-state index in [1.165, 1.54) is 12.4 Å². The third-order valence-electron chi connectivity index (χ3n) is 2.80. The summed E-state index contributed by atoms with van der Waals surface area (Å²) in [5, 5.41) is 3.06. The van der Waals surface area contributed by atoms with Crippen LogP contribution < -0.4 is 11.1 Å². The zero-order valence-electron chi connectivity index (χ0n) is 11.7. The molecule has 1 heterocycles. The molecular weight excluding hydrogens is 290 g/mol. The van der Waals surface area contributed by atoms with Crippen LogP contribution in [0.25, 0.3) is 0 Å². The highest BCUT2D eigenvalue weighted by molar-refractivity contribution is 5.46. The van der Waals surface area contributed by atoms with Gasteiger partial charge >= 0.3 is 12.3 Å². The molecule has 1 rings (SSSR count). The van der Waals surface area contributed by atoms with E-state index < -0.39 is 25.0 Å². The smallest absolute Gasteiger partial charge is 0.330 e. The highest BCUT2D eigenvalue weighted by atomic mass is 19.3. The van der Waals surface area contributed by atoms with Crippen molar-refractivity contribution in [3.8, 4) is 0 Å². The van der Waals surface area contributed by atoms with E-state index in [0.717, 1.165) is 6.42 Å². The van der Waals surface area contributed by atoms with Crippen LogP contribution in [0.1, 0.15) is 24.9 Å². The second-order valence-electron chi connectivity index (χ2n) is 4.59. The van der Waals surface area contributed by atoms with Crippen LogP contribution in [0.4, 0.5) is 23.2 Å². The summed E-state index contributed by atoms with van der Waals surface area (Å²) in [6, 6.07) is 1.09. The van der Waals surface area contributed by atoms with Crippen molar-refractivity contribution in [2.24, 2.45) is 0 Å². The number of pyridine rings is 1. The minimum Gasteiger partial charge on any atom is -0.398 e. The predicted octanol–water partition coefficient (Wildman–Crippen LogP) is 2.62. The Labute approximate surface area is 120 Å². The van der Waals surface area contributed by atoms with E-state index in [1.54, 1.807) is 6.07 Å². The maximum atomic E-state index is 12.8. The van der Waals surface area contributed by atoms with Gasteiger partial charge < -0.3 is 15.8 Å². The number of rotatable bonds is 9. The van der Waals surface area contributed by atoms with Crippen LogP contribution in [0.15, 0.2) is 18.5 Å². The van der Waals surface area contributed by atoms with E-state index >= 15 is 0 Å². The van der Waals surface area contributed by atoms with Gasteiger partial charge in [-0.2, -0.15) is 8.78 Å². The maximum absolute atomic E-state index is 12.8. The first-order chi connectivity index (χ1) is 9.88. The number of alkyl halides is 4. The first-order valence-electron chi connectivity index (χ1n) is 6.55. The van der Waals surface area contributed by atoms with Crippen LogP contribution in [0, 0.1) is 0 Å². The summed E-state index contributed by atoms with van der Waals surface area (Å²) in [6.07, 6.45) is 0.0610. The summed E-state index contributed by atoms with van der Waals surface area (Å²) in [5.74, 6) is -4.16. The topological polar surface area (TPSA) is 60.2 Å². The highest BCUT2D eigenvalue weighted by Crippen LogP contribution is 2.24. The Bertz CT molecular complexity index is 432. The van der Waals surface area contributed by atoms with Crippen molar-refractivity contribution < 1.29 is 22.3 Å². The minimum atomic E-state index is -4.16. The van der Waals surface area contributed by atoms with E-state index in [1.807, 2.05) is 6.92 Å². The lowest BCUT2D eigenvalue weighted by Gasteiger charge is -2.22. The van der Waals surface area contributed by atoms with Gasteiger partial charge in [-0.15, -0.1) is 0 Å². The van der Waals surface area contributed by atoms with Crippen LogP contribution in [-0.4, -0.2) is 37.1 Å². The van der Waals surface area contributed by atoms with Gasteiger partial charge in [0.05, 0.1) is 12.6 Å². The Balaban J connectivity index is 2.65. The van der Waals surface area contributed by atoms with Gasteiger partial charge in [0, 0.05) is 23.6 Å². The van der Waals surface area contributed by atoms with Crippen LogP contribution in [-0.2, 0) is 4.74 Å². The summed E-state index contributed by atoms with van der Waals surface area (Å²) in [5.41, 5.74) is 6.82. The molecule has 8 heteroatoms. The number of ether oxygens (including phenoxy) is 1. The van der Waals surface area contributed by atoms with Crippen LogP contribution >= 0.6 is 0 Å². The Morgan fingerprint density at radius 2 is 2.14 bits per heavy atom. The zero-order chi connectivity index (χ0) is 15.9. The number of hydrogen-bond acceptors (Lipinski definition) is 4. The monoisotopic (exact) mass is 309 g/mol. The molecule has 1 aromatic heterocycles. The van der Waals surface area contributed by atoms with Crippen molar-refractivity contribution in [3.05, 3.63) is 24.0 Å².